The van der Waals surface area contributed by atoms with Gasteiger partial charge in [-0.1, -0.05) is 6.08 Å². The van der Waals surface area contributed by atoms with Crippen molar-refractivity contribution < 1.29 is 15.0 Å². The molecule has 0 aliphatic carbocycles. The first-order valence-corrected chi connectivity index (χ1v) is 3.69. The van der Waals surface area contributed by atoms with Crippen molar-refractivity contribution in [1.29, 1.82) is 0 Å². The van der Waals surface area contributed by atoms with Crippen LogP contribution in [0.1, 0.15) is 12.8 Å². The van der Waals surface area contributed by atoms with Crippen molar-refractivity contribution in [3.63, 3.8) is 0 Å². The zero-order valence-corrected chi connectivity index (χ0v) is 6.79. The largest absolute Gasteiger partial charge is 0.480 e. The fourth-order valence-corrected chi connectivity index (χ4v) is 0.726. The van der Waals surface area contributed by atoms with Gasteiger partial charge in [-0.15, -0.1) is 18.2 Å². The summed E-state index contributed by atoms with van der Waals surface area (Å²) in [6.07, 6.45) is 1.52. The second-order valence-corrected chi connectivity index (χ2v) is 2.64. The number of hydrogen-bond donors (Lipinski definition) is 2. The molecule has 64 valence electrons. The Morgan fingerprint density at radius 2 is 2.27 bits per heavy atom. The Morgan fingerprint density at radius 3 is 2.64 bits per heavy atom. The normalized spacial score (nSPS) is 15.5. The minimum absolute atomic E-state index is 0.337. The third kappa shape index (κ3) is 4.01. The van der Waals surface area contributed by atoms with Gasteiger partial charge in [0, 0.05) is 0 Å². The standard InChI is InChI=1S/C7H11ClO3/c1-2-3-4-5(9)6(8)7(10)11/h2,5-6,9H,1,3-4H2,(H,10,11). The molecule has 0 bridgehead atoms. The molecule has 0 amide bonds. The van der Waals surface area contributed by atoms with E-state index in [2.05, 4.69) is 6.58 Å². The van der Waals surface area contributed by atoms with Gasteiger partial charge in [-0.05, 0) is 12.8 Å². The van der Waals surface area contributed by atoms with E-state index < -0.39 is 17.5 Å². The maximum absolute atomic E-state index is 10.2. The molecule has 0 fully saturated rings. The van der Waals surface area contributed by atoms with Crippen LogP contribution in [0, 0.1) is 0 Å². The highest BCUT2D eigenvalue weighted by atomic mass is 35.5. The SMILES string of the molecule is C=CCCC(O)C(Cl)C(=O)O. The van der Waals surface area contributed by atoms with Crippen LogP contribution in [0.15, 0.2) is 12.7 Å². The Morgan fingerprint density at radius 1 is 1.73 bits per heavy atom. The highest BCUT2D eigenvalue weighted by Crippen LogP contribution is 2.09. The quantitative estimate of drug-likeness (QED) is 0.488. The molecule has 0 aliphatic heterocycles. The highest BCUT2D eigenvalue weighted by Gasteiger charge is 2.22. The first kappa shape index (κ1) is 10.5. The van der Waals surface area contributed by atoms with Crippen LogP contribution >= 0.6 is 11.6 Å². The van der Waals surface area contributed by atoms with Crippen molar-refractivity contribution in [2.24, 2.45) is 0 Å². The van der Waals surface area contributed by atoms with Crippen LogP contribution in [-0.2, 0) is 4.79 Å². The number of carboxylic acids is 1. The van der Waals surface area contributed by atoms with Crippen molar-refractivity contribution in [2.75, 3.05) is 0 Å². The summed E-state index contributed by atoms with van der Waals surface area (Å²) in [6, 6.07) is 0. The molecule has 0 heterocycles. The Hall–Kier alpha value is -0.540. The van der Waals surface area contributed by atoms with E-state index in [1.165, 1.54) is 0 Å². The number of carboxylic acid groups (broad SMARTS) is 1. The number of alkyl halides is 1. The number of aliphatic hydroxyl groups is 1. The summed E-state index contributed by atoms with van der Waals surface area (Å²) < 4.78 is 0. The van der Waals surface area contributed by atoms with Gasteiger partial charge in [0.1, 0.15) is 0 Å². The van der Waals surface area contributed by atoms with E-state index in [9.17, 15) is 4.79 Å². The van der Waals surface area contributed by atoms with Crippen LogP contribution in [-0.4, -0.2) is 27.7 Å². The summed E-state index contributed by atoms with van der Waals surface area (Å²) in [7, 11) is 0. The topological polar surface area (TPSA) is 57.5 Å². The third-order valence-corrected chi connectivity index (χ3v) is 1.72. The molecule has 0 spiro atoms. The monoisotopic (exact) mass is 178 g/mol. The van der Waals surface area contributed by atoms with Gasteiger partial charge in [-0.2, -0.15) is 0 Å². The van der Waals surface area contributed by atoms with Gasteiger partial charge in [0.25, 0.3) is 0 Å². The van der Waals surface area contributed by atoms with E-state index >= 15 is 0 Å². The predicted molar refractivity (Wildman–Crippen MR) is 42.7 cm³/mol. The van der Waals surface area contributed by atoms with E-state index in [0.29, 0.717) is 12.8 Å². The second-order valence-electron chi connectivity index (χ2n) is 2.17. The third-order valence-electron chi connectivity index (χ3n) is 1.24. The average Bonchev–Trinajstić information content (AvgIpc) is 1.98. The van der Waals surface area contributed by atoms with Crippen molar-refractivity contribution in [2.45, 2.75) is 24.3 Å². The Bertz CT molecular complexity index is 147. The Kier molecular flexibility index (Phi) is 4.90. The van der Waals surface area contributed by atoms with Crippen LogP contribution in [0.3, 0.4) is 0 Å². The molecule has 0 aromatic carbocycles. The molecule has 0 aromatic rings. The van der Waals surface area contributed by atoms with Gasteiger partial charge in [0.05, 0.1) is 6.10 Å². The molecule has 4 heteroatoms. The second kappa shape index (κ2) is 5.16. The van der Waals surface area contributed by atoms with Crippen molar-refractivity contribution in [3.05, 3.63) is 12.7 Å². The molecule has 2 N–H and O–H groups in total. The summed E-state index contributed by atoms with van der Waals surface area (Å²) >= 11 is 5.32. The molecule has 0 rings (SSSR count). The number of rotatable bonds is 5. The summed E-state index contributed by atoms with van der Waals surface area (Å²) in [5.74, 6) is -1.19. The number of hydrogen-bond acceptors (Lipinski definition) is 2. The number of aliphatic hydroxyl groups excluding tert-OH is 1. The first-order valence-electron chi connectivity index (χ1n) is 3.25. The Balaban J connectivity index is 3.72. The minimum Gasteiger partial charge on any atom is -0.480 e. The molecule has 0 aliphatic rings. The molecular formula is C7H11ClO3. The molecule has 11 heavy (non-hydrogen) atoms. The zero-order valence-electron chi connectivity index (χ0n) is 6.03. The molecule has 0 aromatic heterocycles. The number of halogens is 1. The van der Waals surface area contributed by atoms with Crippen molar-refractivity contribution in [1.82, 2.24) is 0 Å². The van der Waals surface area contributed by atoms with E-state index in [0.717, 1.165) is 0 Å². The summed E-state index contributed by atoms with van der Waals surface area (Å²) in [5.41, 5.74) is 0. The smallest absolute Gasteiger partial charge is 0.324 e. The molecule has 2 unspecified atom stereocenters. The maximum Gasteiger partial charge on any atom is 0.324 e. The minimum atomic E-state index is -1.21. The average molecular weight is 179 g/mol. The highest BCUT2D eigenvalue weighted by molar-refractivity contribution is 6.30. The van der Waals surface area contributed by atoms with Gasteiger partial charge >= 0.3 is 5.97 Å². The molecule has 0 saturated carbocycles. The van der Waals surface area contributed by atoms with Gasteiger partial charge in [0.15, 0.2) is 5.38 Å². The van der Waals surface area contributed by atoms with E-state index in [4.69, 9.17) is 21.8 Å². The fourth-order valence-electron chi connectivity index (χ4n) is 0.600. The molecule has 0 saturated heterocycles. The summed E-state index contributed by atoms with van der Waals surface area (Å²) in [5, 5.41) is 16.2. The lowest BCUT2D eigenvalue weighted by Gasteiger charge is -2.10. The Labute approximate surface area is 70.3 Å². The van der Waals surface area contributed by atoms with Crippen LogP contribution in [0.5, 0.6) is 0 Å². The lowest BCUT2D eigenvalue weighted by molar-refractivity contribution is -0.138. The lowest BCUT2D eigenvalue weighted by Crippen LogP contribution is -2.28. The lowest BCUT2D eigenvalue weighted by atomic mass is 10.1. The first-order chi connectivity index (χ1) is 5.09. The van der Waals surface area contributed by atoms with Crippen molar-refractivity contribution in [3.8, 4) is 0 Å². The van der Waals surface area contributed by atoms with E-state index in [1.807, 2.05) is 0 Å². The number of carbonyl (C=O) groups is 1. The van der Waals surface area contributed by atoms with Gasteiger partial charge in [-0.3, -0.25) is 4.79 Å². The van der Waals surface area contributed by atoms with E-state index in [-0.39, 0.29) is 0 Å². The summed E-state index contributed by atoms with van der Waals surface area (Å²) in [4.78, 5) is 10.2. The van der Waals surface area contributed by atoms with Gasteiger partial charge < -0.3 is 10.2 Å². The fraction of sp³-hybridized carbons (Fsp3) is 0.571. The molecule has 0 radical (unpaired) electrons. The predicted octanol–water partition coefficient (Wildman–Crippen LogP) is 1.01. The summed E-state index contributed by atoms with van der Waals surface area (Å²) in [6.45, 7) is 3.44. The van der Waals surface area contributed by atoms with Crippen LogP contribution in [0.2, 0.25) is 0 Å². The molecule has 3 nitrogen and oxygen atoms in total. The van der Waals surface area contributed by atoms with Crippen LogP contribution in [0.25, 0.3) is 0 Å². The number of allylic oxidation sites excluding steroid dienone is 1. The van der Waals surface area contributed by atoms with Crippen molar-refractivity contribution >= 4 is 17.6 Å². The number of aliphatic carboxylic acids is 1. The molecular weight excluding hydrogens is 168 g/mol. The zero-order chi connectivity index (χ0) is 8.85. The van der Waals surface area contributed by atoms with Gasteiger partial charge in [-0.25, -0.2) is 0 Å². The van der Waals surface area contributed by atoms with Gasteiger partial charge in [0.2, 0.25) is 0 Å². The maximum atomic E-state index is 10.2. The van der Waals surface area contributed by atoms with E-state index in [1.54, 1.807) is 6.08 Å². The molecule has 2 atom stereocenters. The van der Waals surface area contributed by atoms with Crippen LogP contribution < -0.4 is 0 Å². The van der Waals surface area contributed by atoms with Crippen LogP contribution in [0.4, 0.5) is 0 Å².